The average molecular weight is 499 g/mol. The fourth-order valence-corrected chi connectivity index (χ4v) is 5.48. The van der Waals surface area contributed by atoms with Crippen LogP contribution in [0.1, 0.15) is 16.5 Å². The summed E-state index contributed by atoms with van der Waals surface area (Å²) >= 11 is 2.13. The molecule has 8 nitrogen and oxygen atoms in total. The minimum atomic E-state index is -1.10. The molecule has 1 saturated heterocycles. The van der Waals surface area contributed by atoms with Gasteiger partial charge in [-0.3, -0.25) is 24.6 Å². The predicted molar refractivity (Wildman–Crippen MR) is 122 cm³/mol. The molecule has 34 heavy (non-hydrogen) atoms. The maximum Gasteiger partial charge on any atom is 0.301 e. The number of thiazole rings is 1. The second kappa shape index (κ2) is 8.08. The Morgan fingerprint density at radius 2 is 1.82 bits per heavy atom. The van der Waals surface area contributed by atoms with Crippen LogP contribution in [0.4, 0.5) is 19.6 Å². The molecule has 5 rings (SSSR count). The number of ketones is 1. The smallest absolute Gasteiger partial charge is 0.301 e. The number of anilines is 1. The molecule has 4 aromatic rings. The van der Waals surface area contributed by atoms with Crippen LogP contribution in [0.5, 0.6) is 0 Å². The van der Waals surface area contributed by atoms with Crippen molar-refractivity contribution >= 4 is 61.2 Å². The van der Waals surface area contributed by atoms with Gasteiger partial charge in [-0.1, -0.05) is 17.4 Å². The van der Waals surface area contributed by atoms with Gasteiger partial charge >= 0.3 is 5.91 Å². The van der Waals surface area contributed by atoms with E-state index in [-0.39, 0.29) is 32.2 Å². The number of carbonyl (C=O) groups is 2. The van der Waals surface area contributed by atoms with Crippen LogP contribution in [-0.2, 0) is 9.59 Å². The van der Waals surface area contributed by atoms with E-state index in [9.17, 15) is 33.6 Å². The number of non-ortho nitro benzene ring substituents is 1. The topological polar surface area (TPSA) is 114 Å². The van der Waals surface area contributed by atoms with Gasteiger partial charge in [0.2, 0.25) is 0 Å². The van der Waals surface area contributed by atoms with Crippen LogP contribution in [0, 0.1) is 21.7 Å². The zero-order valence-electron chi connectivity index (χ0n) is 16.8. The van der Waals surface area contributed by atoms with Gasteiger partial charge in [-0.2, -0.15) is 0 Å². The lowest BCUT2D eigenvalue weighted by Crippen LogP contribution is -2.28. The molecule has 3 heterocycles. The van der Waals surface area contributed by atoms with Crippen molar-refractivity contribution in [2.45, 2.75) is 6.04 Å². The van der Waals surface area contributed by atoms with Crippen molar-refractivity contribution in [3.8, 4) is 0 Å². The summed E-state index contributed by atoms with van der Waals surface area (Å²) in [5, 5.41) is 23.7. The van der Waals surface area contributed by atoms with Crippen LogP contribution in [0.15, 0.2) is 59.5 Å². The number of halogens is 2. The van der Waals surface area contributed by atoms with Crippen LogP contribution in [0.2, 0.25) is 0 Å². The van der Waals surface area contributed by atoms with E-state index in [1.807, 2.05) is 0 Å². The molecule has 2 aromatic carbocycles. The van der Waals surface area contributed by atoms with Gasteiger partial charge in [0.05, 0.1) is 20.7 Å². The summed E-state index contributed by atoms with van der Waals surface area (Å²) in [6, 6.07) is 9.07. The van der Waals surface area contributed by atoms with Crippen molar-refractivity contribution in [1.29, 1.82) is 0 Å². The molecule has 0 spiro atoms. The van der Waals surface area contributed by atoms with Gasteiger partial charge in [0.25, 0.3) is 11.5 Å². The van der Waals surface area contributed by atoms with Crippen molar-refractivity contribution in [3.05, 3.63) is 91.7 Å². The lowest BCUT2D eigenvalue weighted by Gasteiger charge is -2.21. The maximum absolute atomic E-state index is 13.7. The molecule has 0 aliphatic carbocycles. The molecule has 1 fully saturated rings. The molecule has 12 heteroatoms. The zero-order valence-corrected chi connectivity index (χ0v) is 18.4. The number of thiophene rings is 1. The van der Waals surface area contributed by atoms with Crippen molar-refractivity contribution in [1.82, 2.24) is 4.98 Å². The van der Waals surface area contributed by atoms with Crippen molar-refractivity contribution in [3.63, 3.8) is 0 Å². The van der Waals surface area contributed by atoms with Gasteiger partial charge < -0.3 is 5.11 Å². The van der Waals surface area contributed by atoms with E-state index >= 15 is 0 Å². The Morgan fingerprint density at radius 1 is 1.12 bits per heavy atom. The Kier molecular flexibility index (Phi) is 5.18. The molecular weight excluding hydrogens is 488 g/mol. The van der Waals surface area contributed by atoms with E-state index in [4.69, 9.17) is 0 Å². The van der Waals surface area contributed by atoms with Gasteiger partial charge in [-0.25, -0.2) is 13.8 Å². The molecule has 2 aromatic heterocycles. The SMILES string of the molecule is O=C1C(=O)N(c2nc3cc(F)c(F)cc3s2)C(c2cccs2)/C1=C(\O)c1ccc([N+](=O)[O-])cc1. The molecule has 1 aliphatic rings. The van der Waals surface area contributed by atoms with Crippen LogP contribution in [-0.4, -0.2) is 26.7 Å². The number of benzene rings is 2. The number of amides is 1. The number of hydrogen-bond acceptors (Lipinski definition) is 8. The third-order valence-electron chi connectivity index (χ3n) is 5.23. The molecule has 1 unspecified atom stereocenters. The number of nitro groups is 1. The lowest BCUT2D eigenvalue weighted by atomic mass is 10.00. The summed E-state index contributed by atoms with van der Waals surface area (Å²) in [6.07, 6.45) is 0. The number of aliphatic hydroxyl groups is 1. The standard InChI is InChI=1S/C22H11F2N3O5S2/c23-12-8-14-16(9-13(12)24)34-22(25-14)26-18(15-2-1-7-33-15)17(20(29)21(26)30)19(28)10-3-5-11(6-4-10)27(31)32/h1-9,18,28H/b19-17+. The summed E-state index contributed by atoms with van der Waals surface area (Å²) in [5.41, 5.74) is -0.210. The zero-order chi connectivity index (χ0) is 24.1. The molecular formula is C22H11F2N3O5S2. The molecule has 1 amide bonds. The fourth-order valence-electron chi connectivity index (χ4n) is 3.66. The van der Waals surface area contributed by atoms with E-state index in [0.29, 0.717) is 4.88 Å². The first kappa shape index (κ1) is 21.8. The molecule has 0 bridgehead atoms. The third-order valence-corrected chi connectivity index (χ3v) is 7.18. The van der Waals surface area contributed by atoms with E-state index in [0.717, 1.165) is 28.4 Å². The Bertz CT molecular complexity index is 1470. The second-order valence-electron chi connectivity index (χ2n) is 7.22. The number of carbonyl (C=O) groups excluding carboxylic acids is 2. The Morgan fingerprint density at radius 3 is 2.47 bits per heavy atom. The molecule has 1 atom stereocenters. The molecule has 0 saturated carbocycles. The van der Waals surface area contributed by atoms with Crippen molar-refractivity contribution in [2.24, 2.45) is 0 Å². The first-order valence-corrected chi connectivity index (χ1v) is 11.3. The average Bonchev–Trinajstić information content (AvgIpc) is 3.53. The quantitative estimate of drug-likeness (QED) is 0.136. The Labute approximate surface area is 197 Å². The summed E-state index contributed by atoms with van der Waals surface area (Å²) < 4.78 is 27.7. The van der Waals surface area contributed by atoms with Crippen molar-refractivity contribution < 1.29 is 28.4 Å². The van der Waals surface area contributed by atoms with Gasteiger partial charge in [0.15, 0.2) is 16.8 Å². The third kappa shape index (κ3) is 3.43. The van der Waals surface area contributed by atoms with Gasteiger partial charge in [-0.05, 0) is 29.6 Å². The number of Topliss-reactive ketones (excluding diaryl/α,β-unsaturated/α-hetero) is 1. The number of hydrogen-bond donors (Lipinski definition) is 1. The Balaban J connectivity index is 1.68. The first-order chi connectivity index (χ1) is 16.3. The predicted octanol–water partition coefficient (Wildman–Crippen LogP) is 5.17. The normalized spacial score (nSPS) is 17.6. The molecule has 0 radical (unpaired) electrons. The molecule has 1 aliphatic heterocycles. The summed E-state index contributed by atoms with van der Waals surface area (Å²) in [6.45, 7) is 0. The molecule has 170 valence electrons. The minimum absolute atomic E-state index is 0.0308. The van der Waals surface area contributed by atoms with E-state index in [1.165, 1.54) is 35.6 Å². The van der Waals surface area contributed by atoms with Crippen LogP contribution in [0.25, 0.3) is 16.0 Å². The highest BCUT2D eigenvalue weighted by Crippen LogP contribution is 2.45. The van der Waals surface area contributed by atoms with E-state index in [2.05, 4.69) is 4.98 Å². The second-order valence-corrected chi connectivity index (χ2v) is 9.21. The van der Waals surface area contributed by atoms with Gasteiger partial charge in [0.1, 0.15) is 11.8 Å². The van der Waals surface area contributed by atoms with Crippen LogP contribution >= 0.6 is 22.7 Å². The molecule has 1 N–H and O–H groups in total. The summed E-state index contributed by atoms with van der Waals surface area (Å²) in [7, 11) is 0. The fraction of sp³-hybridized carbons (Fsp3) is 0.0455. The Hall–Kier alpha value is -4.03. The van der Waals surface area contributed by atoms with Crippen LogP contribution in [0.3, 0.4) is 0 Å². The van der Waals surface area contributed by atoms with Gasteiger partial charge in [-0.15, -0.1) is 11.3 Å². The van der Waals surface area contributed by atoms with Crippen LogP contribution < -0.4 is 4.90 Å². The summed E-state index contributed by atoms with van der Waals surface area (Å²) in [5.74, 6) is -4.63. The monoisotopic (exact) mass is 499 g/mol. The van der Waals surface area contributed by atoms with E-state index < -0.39 is 40.0 Å². The van der Waals surface area contributed by atoms with Crippen molar-refractivity contribution in [2.75, 3.05) is 4.90 Å². The highest BCUT2D eigenvalue weighted by atomic mass is 32.1. The number of nitro benzene ring substituents is 1. The largest absolute Gasteiger partial charge is 0.507 e. The number of aliphatic hydroxyl groups excluding tert-OH is 1. The highest BCUT2D eigenvalue weighted by molar-refractivity contribution is 7.22. The number of aromatic nitrogens is 1. The number of rotatable bonds is 4. The highest BCUT2D eigenvalue weighted by Gasteiger charge is 2.48. The maximum atomic E-state index is 13.7. The summed E-state index contributed by atoms with van der Waals surface area (Å²) in [4.78, 5) is 42.3. The van der Waals surface area contributed by atoms with Gasteiger partial charge in [0, 0.05) is 28.6 Å². The van der Waals surface area contributed by atoms with E-state index in [1.54, 1.807) is 17.5 Å². The number of nitrogens with zero attached hydrogens (tertiary/aromatic N) is 3. The number of fused-ring (bicyclic) bond motifs is 1. The minimum Gasteiger partial charge on any atom is -0.507 e. The lowest BCUT2D eigenvalue weighted by molar-refractivity contribution is -0.384. The first-order valence-electron chi connectivity index (χ1n) is 9.61.